The van der Waals surface area contributed by atoms with E-state index < -0.39 is 12.0 Å². The summed E-state index contributed by atoms with van der Waals surface area (Å²) in [5.41, 5.74) is 8.06. The molecule has 0 aliphatic carbocycles. The Morgan fingerprint density at radius 2 is 2.09 bits per heavy atom. The number of nitrogens with two attached hydrogens (primary N) is 1. The minimum absolute atomic E-state index is 0.0857. The number of benzene rings is 1. The highest BCUT2D eigenvalue weighted by Gasteiger charge is 2.41. The van der Waals surface area contributed by atoms with E-state index in [4.69, 9.17) is 15.2 Å². The van der Waals surface area contributed by atoms with Gasteiger partial charge >= 0.3 is 5.97 Å². The molecular formula is C25H30N4O5S. The van der Waals surface area contributed by atoms with E-state index in [-0.39, 0.29) is 30.8 Å². The largest absolute Gasteiger partial charge is 0.497 e. The monoisotopic (exact) mass is 498 g/mol. The van der Waals surface area contributed by atoms with Gasteiger partial charge in [-0.15, -0.1) is 0 Å². The van der Waals surface area contributed by atoms with E-state index >= 15 is 0 Å². The van der Waals surface area contributed by atoms with Gasteiger partial charge in [0.05, 0.1) is 43.4 Å². The molecule has 1 fully saturated rings. The van der Waals surface area contributed by atoms with Crippen LogP contribution >= 0.6 is 11.8 Å². The highest BCUT2D eigenvalue weighted by atomic mass is 32.2. The number of thioether (sulfide) groups is 1. The van der Waals surface area contributed by atoms with Crippen molar-refractivity contribution in [3.05, 3.63) is 52.2 Å². The predicted octanol–water partition coefficient (Wildman–Crippen LogP) is 2.95. The van der Waals surface area contributed by atoms with Crippen LogP contribution in [0.5, 0.6) is 5.75 Å². The summed E-state index contributed by atoms with van der Waals surface area (Å²) in [6.07, 6.45) is 1.56. The minimum Gasteiger partial charge on any atom is -0.497 e. The van der Waals surface area contributed by atoms with Crippen molar-refractivity contribution in [2.24, 2.45) is 16.6 Å². The quantitative estimate of drug-likeness (QED) is 0.575. The lowest BCUT2D eigenvalue weighted by Gasteiger charge is -2.37. The molecule has 0 aromatic heterocycles. The van der Waals surface area contributed by atoms with Crippen molar-refractivity contribution in [3.63, 3.8) is 0 Å². The number of allylic oxidation sites excluding steroid dienone is 1. The first kappa shape index (κ1) is 24.8. The van der Waals surface area contributed by atoms with Gasteiger partial charge in [0.2, 0.25) is 11.8 Å². The zero-order valence-corrected chi connectivity index (χ0v) is 21.0. The van der Waals surface area contributed by atoms with Gasteiger partial charge in [0, 0.05) is 18.8 Å². The van der Waals surface area contributed by atoms with Crippen molar-refractivity contribution in [2.45, 2.75) is 39.2 Å². The third kappa shape index (κ3) is 5.07. The van der Waals surface area contributed by atoms with Crippen LogP contribution < -0.4 is 10.5 Å². The number of fused-ring (bicyclic) bond motifs is 1. The fourth-order valence-corrected chi connectivity index (χ4v) is 5.63. The van der Waals surface area contributed by atoms with Crippen LogP contribution in [0.3, 0.4) is 0 Å². The van der Waals surface area contributed by atoms with E-state index in [1.165, 1.54) is 11.8 Å². The summed E-state index contributed by atoms with van der Waals surface area (Å²) in [5.74, 6) is -0.564. The third-order valence-corrected chi connectivity index (χ3v) is 7.30. The van der Waals surface area contributed by atoms with E-state index in [1.54, 1.807) is 25.9 Å². The number of aliphatic imine (C=N–C) groups is 1. The minimum atomic E-state index is -0.523. The molecular weight excluding hydrogens is 468 g/mol. The third-order valence-electron chi connectivity index (χ3n) is 6.41. The number of amides is 2. The Balaban J connectivity index is 1.66. The zero-order valence-electron chi connectivity index (χ0n) is 20.2. The number of hydrogen-bond acceptors (Lipinski definition) is 8. The molecule has 2 N–H and O–H groups in total. The standard InChI is InChI=1S/C25H30N4O5S/c1-4-34-24(32)21-15(2)27-25-29(22(21)16-7-5-9-19(11-16)33-3)18(14-35-25)12-20(30)28-10-6-8-17(13-28)23(26)31/h5,7,9,11,14,17,22H,4,6,8,10,12-13H2,1-3H3,(H2,26,31)/t17-,22+/m1/s1. The molecule has 2 atom stereocenters. The summed E-state index contributed by atoms with van der Waals surface area (Å²) in [7, 11) is 1.59. The SMILES string of the molecule is CCOC(=O)C1=C(C)N=C2SC=C(CC(=O)N3CCC[C@@H](C(N)=O)C3)N2[C@H]1c1cccc(OC)c1. The highest BCUT2D eigenvalue weighted by Crippen LogP contribution is 2.45. The maximum atomic E-state index is 13.3. The maximum Gasteiger partial charge on any atom is 0.338 e. The second-order valence-corrected chi connectivity index (χ2v) is 9.48. The molecule has 4 rings (SSSR count). The molecule has 10 heteroatoms. The van der Waals surface area contributed by atoms with Gasteiger partial charge in [0.15, 0.2) is 5.17 Å². The lowest BCUT2D eigenvalue weighted by atomic mass is 9.93. The van der Waals surface area contributed by atoms with Crippen LogP contribution in [0.4, 0.5) is 0 Å². The molecule has 1 saturated heterocycles. The van der Waals surface area contributed by atoms with Crippen LogP contribution in [-0.4, -0.2) is 59.6 Å². The molecule has 9 nitrogen and oxygen atoms in total. The lowest BCUT2D eigenvalue weighted by molar-refractivity contribution is -0.139. The van der Waals surface area contributed by atoms with Gasteiger partial charge in [0.1, 0.15) is 5.75 Å². The molecule has 0 spiro atoms. The number of likely N-dealkylation sites (tertiary alicyclic amines) is 1. The first-order chi connectivity index (χ1) is 16.8. The Labute approximate surface area is 209 Å². The number of ether oxygens (including phenoxy) is 2. The second kappa shape index (κ2) is 10.6. The van der Waals surface area contributed by atoms with Crippen molar-refractivity contribution in [1.29, 1.82) is 0 Å². The van der Waals surface area contributed by atoms with E-state index in [1.807, 2.05) is 34.6 Å². The van der Waals surface area contributed by atoms with Crippen LogP contribution in [0, 0.1) is 5.92 Å². The van der Waals surface area contributed by atoms with E-state index in [0.717, 1.165) is 17.7 Å². The molecule has 0 saturated carbocycles. The second-order valence-electron chi connectivity index (χ2n) is 8.65. The number of carbonyl (C=O) groups is 3. The number of methoxy groups -OCH3 is 1. The van der Waals surface area contributed by atoms with Gasteiger partial charge in [-0.25, -0.2) is 9.79 Å². The molecule has 3 aliphatic heterocycles. The number of carbonyl (C=O) groups excluding carboxylic acids is 3. The Kier molecular flexibility index (Phi) is 7.49. The van der Waals surface area contributed by atoms with Crippen molar-refractivity contribution in [2.75, 3.05) is 26.8 Å². The molecule has 0 radical (unpaired) electrons. The summed E-state index contributed by atoms with van der Waals surface area (Å²) in [5, 5.41) is 2.60. The van der Waals surface area contributed by atoms with Gasteiger partial charge in [-0.3, -0.25) is 9.59 Å². The summed E-state index contributed by atoms with van der Waals surface area (Å²) in [6, 6.07) is 6.99. The number of primary amides is 1. The summed E-state index contributed by atoms with van der Waals surface area (Å²) in [4.78, 5) is 46.3. The van der Waals surface area contributed by atoms with Crippen LogP contribution in [-0.2, 0) is 19.1 Å². The number of piperidine rings is 1. The first-order valence-electron chi connectivity index (χ1n) is 11.7. The van der Waals surface area contributed by atoms with Gasteiger partial charge < -0.3 is 25.0 Å². The first-order valence-corrected chi connectivity index (χ1v) is 12.5. The number of amidine groups is 1. The van der Waals surface area contributed by atoms with Crippen molar-refractivity contribution < 1.29 is 23.9 Å². The predicted molar refractivity (Wildman–Crippen MR) is 133 cm³/mol. The smallest absolute Gasteiger partial charge is 0.338 e. The molecule has 0 bridgehead atoms. The fraction of sp³-hybridized carbons (Fsp3) is 0.440. The van der Waals surface area contributed by atoms with Crippen molar-refractivity contribution in [3.8, 4) is 5.75 Å². The Morgan fingerprint density at radius 3 is 2.80 bits per heavy atom. The molecule has 35 heavy (non-hydrogen) atoms. The van der Waals surface area contributed by atoms with Crippen molar-refractivity contribution >= 4 is 34.7 Å². The molecule has 186 valence electrons. The normalized spacial score (nSPS) is 21.8. The van der Waals surface area contributed by atoms with Gasteiger partial charge in [0.25, 0.3) is 0 Å². The molecule has 3 heterocycles. The summed E-state index contributed by atoms with van der Waals surface area (Å²) in [6.45, 7) is 4.73. The van der Waals surface area contributed by atoms with Crippen LogP contribution in [0.15, 0.2) is 51.6 Å². The highest BCUT2D eigenvalue weighted by molar-refractivity contribution is 8.16. The van der Waals surface area contributed by atoms with Crippen LogP contribution in [0.25, 0.3) is 0 Å². The molecule has 0 unspecified atom stereocenters. The summed E-state index contributed by atoms with van der Waals surface area (Å²) < 4.78 is 10.8. The number of esters is 1. The molecule has 3 aliphatic rings. The molecule has 2 amide bonds. The molecule has 1 aromatic carbocycles. The average Bonchev–Trinajstić information content (AvgIpc) is 3.25. The number of rotatable bonds is 7. The van der Waals surface area contributed by atoms with Gasteiger partial charge in [-0.1, -0.05) is 23.9 Å². The lowest BCUT2D eigenvalue weighted by Crippen LogP contribution is -2.45. The number of nitrogens with zero attached hydrogens (tertiary/aromatic N) is 3. The van der Waals surface area contributed by atoms with Crippen molar-refractivity contribution in [1.82, 2.24) is 9.80 Å². The zero-order chi connectivity index (χ0) is 25.1. The fourth-order valence-electron chi connectivity index (χ4n) is 4.67. The Bertz CT molecular complexity index is 1130. The van der Waals surface area contributed by atoms with Crippen LogP contribution in [0.1, 0.15) is 44.7 Å². The average molecular weight is 499 g/mol. The Morgan fingerprint density at radius 1 is 1.29 bits per heavy atom. The molecule has 1 aromatic rings. The van der Waals surface area contributed by atoms with E-state index in [0.29, 0.717) is 41.7 Å². The maximum absolute atomic E-state index is 13.3. The topological polar surface area (TPSA) is 115 Å². The van der Waals surface area contributed by atoms with E-state index in [9.17, 15) is 14.4 Å². The number of hydrogen-bond donors (Lipinski definition) is 1. The van der Waals surface area contributed by atoms with Gasteiger partial charge in [-0.05, 0) is 49.8 Å². The van der Waals surface area contributed by atoms with Crippen LogP contribution in [0.2, 0.25) is 0 Å². The van der Waals surface area contributed by atoms with Gasteiger partial charge in [-0.2, -0.15) is 0 Å². The van der Waals surface area contributed by atoms with E-state index in [2.05, 4.69) is 4.99 Å². The Hall–Kier alpha value is -3.27. The summed E-state index contributed by atoms with van der Waals surface area (Å²) >= 11 is 1.42.